The Balaban J connectivity index is 1.95. The third-order valence-corrected chi connectivity index (χ3v) is 5.93. The van der Waals surface area contributed by atoms with Crippen LogP contribution in [0.5, 0.6) is 0 Å². The molecule has 2 heteroatoms. The molecule has 0 aliphatic rings. The molecule has 0 radical (unpaired) electrons. The lowest BCUT2D eigenvalue weighted by molar-refractivity contribution is 0.444. The summed E-state index contributed by atoms with van der Waals surface area (Å²) in [7, 11) is 0. The molecule has 0 aliphatic heterocycles. The van der Waals surface area contributed by atoms with Gasteiger partial charge in [0.15, 0.2) is 0 Å². The molecule has 0 heterocycles. The Morgan fingerprint density at radius 1 is 0.870 bits per heavy atom. The van der Waals surface area contributed by atoms with Crippen LogP contribution in [0.1, 0.15) is 64.4 Å². The Morgan fingerprint density at radius 2 is 1.52 bits per heavy atom. The third-order valence-electron chi connectivity index (χ3n) is 4.74. The molecule has 0 aromatic heterocycles. The summed E-state index contributed by atoms with van der Waals surface area (Å²) in [5, 5.41) is 2.42. The highest BCUT2D eigenvalue weighted by atomic mass is 35.5. The molecule has 23 heavy (non-hydrogen) atoms. The number of hydrogen-bond donors (Lipinski definition) is 0. The molecule has 0 spiro atoms. The number of halogens is 2. The maximum Gasteiger partial charge on any atom is 0.145 e. The Bertz CT molecular complexity index is 604. The molecule has 1 unspecified atom stereocenters. The minimum absolute atomic E-state index is 0.248. The Hall–Kier alpha value is -0.720. The largest absolute Gasteiger partial charge is 0.145 e. The molecule has 0 N–H and O–H groups in total. The first-order valence-corrected chi connectivity index (χ1v) is 9.68. The topological polar surface area (TPSA) is 0 Å². The van der Waals surface area contributed by atoms with E-state index in [-0.39, 0.29) is 5.92 Å². The van der Waals surface area contributed by atoms with Crippen molar-refractivity contribution in [2.45, 2.75) is 63.1 Å². The number of fused-ring (bicyclic) bond motifs is 1. The number of alkyl halides is 2. The Morgan fingerprint density at radius 3 is 2.26 bits per heavy atom. The van der Waals surface area contributed by atoms with Gasteiger partial charge in [0.2, 0.25) is 0 Å². The summed E-state index contributed by atoms with van der Waals surface area (Å²) in [6.45, 7) is 4.42. The molecule has 0 aliphatic carbocycles. The van der Waals surface area contributed by atoms with E-state index in [1.54, 1.807) is 0 Å². The fourth-order valence-corrected chi connectivity index (χ4v) is 3.55. The van der Waals surface area contributed by atoms with E-state index in [0.29, 0.717) is 0 Å². The quantitative estimate of drug-likeness (QED) is 0.319. The first kappa shape index (κ1) is 18.6. The summed E-state index contributed by atoms with van der Waals surface area (Å²) in [6.07, 6.45) is 8.89. The van der Waals surface area contributed by atoms with E-state index < -0.39 is 4.33 Å². The van der Waals surface area contributed by atoms with Gasteiger partial charge in [-0.1, -0.05) is 112 Å². The second-order valence-corrected chi connectivity index (χ2v) is 8.03. The fourth-order valence-electron chi connectivity index (χ4n) is 3.09. The van der Waals surface area contributed by atoms with E-state index in [9.17, 15) is 0 Å². The molecular weight excluding hydrogens is 323 g/mol. The molecular formula is C21H28Cl2. The molecule has 126 valence electrons. The summed E-state index contributed by atoms with van der Waals surface area (Å²) >= 11 is 13.5. The Labute approximate surface area is 151 Å². The van der Waals surface area contributed by atoms with Gasteiger partial charge >= 0.3 is 0 Å². The van der Waals surface area contributed by atoms with Gasteiger partial charge in [0.25, 0.3) is 0 Å². The highest BCUT2D eigenvalue weighted by Crippen LogP contribution is 2.44. The Kier molecular flexibility index (Phi) is 7.24. The van der Waals surface area contributed by atoms with Crippen LogP contribution in [0.4, 0.5) is 0 Å². The molecule has 2 rings (SSSR count). The molecule has 0 fully saturated rings. The van der Waals surface area contributed by atoms with Crippen molar-refractivity contribution in [1.29, 1.82) is 0 Å². The zero-order valence-electron chi connectivity index (χ0n) is 14.3. The zero-order valence-corrected chi connectivity index (χ0v) is 15.8. The predicted molar refractivity (Wildman–Crippen MR) is 104 cm³/mol. The van der Waals surface area contributed by atoms with Gasteiger partial charge in [-0.25, -0.2) is 0 Å². The molecule has 0 saturated heterocycles. The van der Waals surface area contributed by atoms with Crippen LogP contribution in [0.2, 0.25) is 0 Å². The van der Waals surface area contributed by atoms with Gasteiger partial charge in [0.05, 0.1) is 0 Å². The van der Waals surface area contributed by atoms with E-state index in [1.807, 2.05) is 0 Å². The second-order valence-electron chi connectivity index (χ2n) is 6.64. The molecule has 0 saturated carbocycles. The van der Waals surface area contributed by atoms with Crippen LogP contribution in [0.15, 0.2) is 42.5 Å². The maximum atomic E-state index is 6.74. The van der Waals surface area contributed by atoms with E-state index in [2.05, 4.69) is 56.3 Å². The lowest BCUT2D eigenvalue weighted by atomic mass is 9.92. The summed E-state index contributed by atoms with van der Waals surface area (Å²) in [4.78, 5) is 0. The van der Waals surface area contributed by atoms with Crippen molar-refractivity contribution in [2.24, 2.45) is 5.92 Å². The van der Waals surface area contributed by atoms with Gasteiger partial charge < -0.3 is 0 Å². The molecule has 0 nitrogen and oxygen atoms in total. The third kappa shape index (κ3) is 5.13. The van der Waals surface area contributed by atoms with Crippen LogP contribution in [0, 0.1) is 5.92 Å². The van der Waals surface area contributed by atoms with Crippen LogP contribution >= 0.6 is 23.2 Å². The van der Waals surface area contributed by atoms with Crippen molar-refractivity contribution in [3.05, 3.63) is 48.0 Å². The summed E-state index contributed by atoms with van der Waals surface area (Å²) < 4.78 is -0.812. The number of hydrogen-bond acceptors (Lipinski definition) is 0. The first-order valence-electron chi connectivity index (χ1n) is 8.92. The number of benzene rings is 2. The van der Waals surface area contributed by atoms with Crippen molar-refractivity contribution < 1.29 is 0 Å². The molecule has 2 aromatic rings. The van der Waals surface area contributed by atoms with Crippen LogP contribution in [0.25, 0.3) is 10.8 Å². The van der Waals surface area contributed by atoms with E-state index >= 15 is 0 Å². The van der Waals surface area contributed by atoms with E-state index in [1.165, 1.54) is 49.3 Å². The van der Waals surface area contributed by atoms with Crippen molar-refractivity contribution in [3.8, 4) is 0 Å². The zero-order chi connectivity index (χ0) is 16.7. The van der Waals surface area contributed by atoms with Crippen LogP contribution in [-0.4, -0.2) is 0 Å². The van der Waals surface area contributed by atoms with E-state index in [4.69, 9.17) is 23.2 Å². The minimum Gasteiger partial charge on any atom is -0.0960 e. The smallest absolute Gasteiger partial charge is 0.0960 e. The van der Waals surface area contributed by atoms with E-state index in [0.717, 1.165) is 12.0 Å². The van der Waals surface area contributed by atoms with Gasteiger partial charge in [-0.3, -0.25) is 0 Å². The average molecular weight is 351 g/mol. The average Bonchev–Trinajstić information content (AvgIpc) is 2.57. The summed E-state index contributed by atoms with van der Waals surface area (Å²) in [5.41, 5.74) is 1.01. The monoisotopic (exact) mass is 350 g/mol. The van der Waals surface area contributed by atoms with Crippen molar-refractivity contribution in [3.63, 3.8) is 0 Å². The normalized spacial score (nSPS) is 13.4. The predicted octanol–water partition coefficient (Wildman–Crippen LogP) is 7.86. The van der Waals surface area contributed by atoms with Crippen LogP contribution < -0.4 is 0 Å². The first-order chi connectivity index (χ1) is 11.1. The van der Waals surface area contributed by atoms with Gasteiger partial charge in [0.1, 0.15) is 4.33 Å². The van der Waals surface area contributed by atoms with Gasteiger partial charge in [0, 0.05) is 0 Å². The SMILES string of the molecule is CCCCCCCCC(C)C(Cl)(Cl)c1ccc2ccccc2c1. The lowest BCUT2D eigenvalue weighted by Crippen LogP contribution is -2.21. The molecule has 0 bridgehead atoms. The van der Waals surface area contributed by atoms with Gasteiger partial charge in [-0.05, 0) is 34.7 Å². The van der Waals surface area contributed by atoms with Gasteiger partial charge in [-0.15, -0.1) is 0 Å². The summed E-state index contributed by atoms with van der Waals surface area (Å²) in [5.74, 6) is 0.248. The standard InChI is InChI=1S/C21H28Cl2/c1-3-4-5-6-7-8-11-17(2)21(22,23)20-15-14-18-12-9-10-13-19(18)16-20/h9-10,12-17H,3-8,11H2,1-2H3. The minimum atomic E-state index is -0.812. The van der Waals surface area contributed by atoms with Crippen LogP contribution in [0.3, 0.4) is 0 Å². The summed E-state index contributed by atoms with van der Waals surface area (Å²) in [6, 6.07) is 14.6. The van der Waals surface area contributed by atoms with Crippen molar-refractivity contribution >= 4 is 34.0 Å². The maximum absolute atomic E-state index is 6.74. The highest BCUT2D eigenvalue weighted by Gasteiger charge is 2.33. The van der Waals surface area contributed by atoms with Gasteiger partial charge in [-0.2, -0.15) is 0 Å². The number of unbranched alkanes of at least 4 members (excludes halogenated alkanes) is 5. The highest BCUT2D eigenvalue weighted by molar-refractivity contribution is 6.48. The lowest BCUT2D eigenvalue weighted by Gasteiger charge is -2.28. The molecule has 1 atom stereocenters. The second kappa shape index (κ2) is 8.94. The molecule has 2 aromatic carbocycles. The van der Waals surface area contributed by atoms with Crippen molar-refractivity contribution in [1.82, 2.24) is 0 Å². The molecule has 0 amide bonds. The van der Waals surface area contributed by atoms with Crippen LogP contribution in [-0.2, 0) is 4.33 Å². The fraction of sp³-hybridized carbons (Fsp3) is 0.524. The van der Waals surface area contributed by atoms with Crippen molar-refractivity contribution in [2.75, 3.05) is 0 Å². The number of rotatable bonds is 9.